The smallest absolute Gasteiger partial charge is 0.141 e. The molecule has 0 aliphatic rings. The fourth-order valence-corrected chi connectivity index (χ4v) is 1.49. The van der Waals surface area contributed by atoms with Gasteiger partial charge in [0.2, 0.25) is 0 Å². The molecular formula is C10H11NO. The van der Waals surface area contributed by atoms with Crippen LogP contribution in [0.5, 0.6) is 5.75 Å². The zero-order valence-corrected chi connectivity index (χ0v) is 7.20. The standard InChI is InChI=1S/C10H11NO/c1-7-3-4-9-8(5-7)10(12)6-11(9)2/h3-6,12H,1-2H3. The third-order valence-corrected chi connectivity index (χ3v) is 2.12. The summed E-state index contributed by atoms with van der Waals surface area (Å²) < 4.78 is 1.92. The maximum atomic E-state index is 9.50. The summed E-state index contributed by atoms with van der Waals surface area (Å²) >= 11 is 0. The molecule has 0 aliphatic heterocycles. The van der Waals surface area contributed by atoms with Crippen LogP contribution in [0.2, 0.25) is 0 Å². The Kier molecular flexibility index (Phi) is 1.37. The molecule has 12 heavy (non-hydrogen) atoms. The van der Waals surface area contributed by atoms with Crippen molar-refractivity contribution < 1.29 is 5.11 Å². The van der Waals surface area contributed by atoms with Crippen molar-refractivity contribution in [1.82, 2.24) is 4.57 Å². The van der Waals surface area contributed by atoms with Gasteiger partial charge in [0.05, 0.1) is 5.52 Å². The van der Waals surface area contributed by atoms with E-state index in [1.54, 1.807) is 6.20 Å². The van der Waals surface area contributed by atoms with Gasteiger partial charge in [0, 0.05) is 18.6 Å². The number of hydrogen-bond acceptors (Lipinski definition) is 1. The van der Waals surface area contributed by atoms with Gasteiger partial charge in [-0.15, -0.1) is 0 Å². The molecular weight excluding hydrogens is 150 g/mol. The highest BCUT2D eigenvalue weighted by atomic mass is 16.3. The Balaban J connectivity index is 2.90. The average Bonchev–Trinajstić information content (AvgIpc) is 2.28. The third kappa shape index (κ3) is 0.881. The van der Waals surface area contributed by atoms with Crippen molar-refractivity contribution in [2.45, 2.75) is 6.92 Å². The summed E-state index contributed by atoms with van der Waals surface area (Å²) in [5.41, 5.74) is 2.24. The first kappa shape index (κ1) is 7.22. The fourth-order valence-electron chi connectivity index (χ4n) is 1.49. The minimum atomic E-state index is 0.358. The highest BCUT2D eigenvalue weighted by Crippen LogP contribution is 2.26. The molecule has 0 fully saturated rings. The number of aromatic hydroxyl groups is 1. The molecule has 62 valence electrons. The second-order valence-corrected chi connectivity index (χ2v) is 3.15. The maximum absolute atomic E-state index is 9.50. The van der Waals surface area contributed by atoms with E-state index in [0.29, 0.717) is 5.75 Å². The second-order valence-electron chi connectivity index (χ2n) is 3.15. The van der Waals surface area contributed by atoms with Crippen molar-refractivity contribution >= 4 is 10.9 Å². The molecule has 0 atom stereocenters. The number of aryl methyl sites for hydroxylation is 2. The molecule has 1 aromatic heterocycles. The van der Waals surface area contributed by atoms with E-state index in [4.69, 9.17) is 0 Å². The van der Waals surface area contributed by atoms with Gasteiger partial charge in [-0.1, -0.05) is 11.6 Å². The van der Waals surface area contributed by atoms with Crippen LogP contribution in [0, 0.1) is 6.92 Å². The lowest BCUT2D eigenvalue weighted by Crippen LogP contribution is -1.82. The molecule has 0 aliphatic carbocycles. The Morgan fingerprint density at radius 1 is 1.33 bits per heavy atom. The Morgan fingerprint density at radius 3 is 2.83 bits per heavy atom. The summed E-state index contributed by atoms with van der Waals surface area (Å²) in [4.78, 5) is 0. The van der Waals surface area contributed by atoms with Crippen molar-refractivity contribution in [2.24, 2.45) is 7.05 Å². The first-order valence-corrected chi connectivity index (χ1v) is 3.93. The molecule has 0 saturated carbocycles. The van der Waals surface area contributed by atoms with E-state index < -0.39 is 0 Å². The van der Waals surface area contributed by atoms with Gasteiger partial charge in [-0.3, -0.25) is 0 Å². The number of rotatable bonds is 0. The lowest BCUT2D eigenvalue weighted by Gasteiger charge is -1.95. The van der Waals surface area contributed by atoms with Gasteiger partial charge in [-0.05, 0) is 19.1 Å². The Bertz CT molecular complexity index is 429. The van der Waals surface area contributed by atoms with Crippen molar-refractivity contribution in [2.75, 3.05) is 0 Å². The maximum Gasteiger partial charge on any atom is 0.141 e. The van der Waals surface area contributed by atoms with Crippen LogP contribution >= 0.6 is 0 Å². The van der Waals surface area contributed by atoms with Crippen molar-refractivity contribution in [1.29, 1.82) is 0 Å². The van der Waals surface area contributed by atoms with Gasteiger partial charge in [0.1, 0.15) is 5.75 Å². The molecule has 2 nitrogen and oxygen atoms in total. The lowest BCUT2D eigenvalue weighted by molar-refractivity contribution is 0.479. The van der Waals surface area contributed by atoms with Gasteiger partial charge in [0.25, 0.3) is 0 Å². The molecule has 2 heteroatoms. The molecule has 2 aromatic rings. The lowest BCUT2D eigenvalue weighted by atomic mass is 10.2. The number of fused-ring (bicyclic) bond motifs is 1. The molecule has 1 heterocycles. The fraction of sp³-hybridized carbons (Fsp3) is 0.200. The Morgan fingerprint density at radius 2 is 2.08 bits per heavy atom. The third-order valence-electron chi connectivity index (χ3n) is 2.12. The van der Waals surface area contributed by atoms with Crippen LogP contribution in [0.3, 0.4) is 0 Å². The molecule has 2 rings (SSSR count). The van der Waals surface area contributed by atoms with Crippen LogP contribution in [-0.4, -0.2) is 9.67 Å². The van der Waals surface area contributed by atoms with Crippen LogP contribution in [0.1, 0.15) is 5.56 Å². The Labute approximate surface area is 71.1 Å². The van der Waals surface area contributed by atoms with Gasteiger partial charge in [-0.2, -0.15) is 0 Å². The Hall–Kier alpha value is -1.44. The van der Waals surface area contributed by atoms with E-state index in [2.05, 4.69) is 0 Å². The van der Waals surface area contributed by atoms with Gasteiger partial charge < -0.3 is 9.67 Å². The van der Waals surface area contributed by atoms with E-state index in [1.807, 2.05) is 36.7 Å². The van der Waals surface area contributed by atoms with Crippen molar-refractivity contribution in [3.05, 3.63) is 30.0 Å². The SMILES string of the molecule is Cc1ccc2c(c1)c(O)cn2C. The summed E-state index contributed by atoms with van der Waals surface area (Å²) in [5.74, 6) is 0.358. The van der Waals surface area contributed by atoms with Crippen LogP contribution in [0.25, 0.3) is 10.9 Å². The molecule has 1 aromatic carbocycles. The number of aromatic nitrogens is 1. The van der Waals surface area contributed by atoms with E-state index in [0.717, 1.165) is 10.9 Å². The number of nitrogens with zero attached hydrogens (tertiary/aromatic N) is 1. The first-order chi connectivity index (χ1) is 5.68. The zero-order valence-electron chi connectivity index (χ0n) is 7.20. The van der Waals surface area contributed by atoms with Gasteiger partial charge in [-0.25, -0.2) is 0 Å². The van der Waals surface area contributed by atoms with Crippen LogP contribution in [-0.2, 0) is 7.05 Å². The highest BCUT2D eigenvalue weighted by molar-refractivity contribution is 5.87. The average molecular weight is 161 g/mol. The molecule has 0 radical (unpaired) electrons. The summed E-state index contributed by atoms with van der Waals surface area (Å²) in [6.45, 7) is 2.02. The van der Waals surface area contributed by atoms with E-state index in [-0.39, 0.29) is 0 Å². The largest absolute Gasteiger partial charge is 0.506 e. The molecule has 0 unspecified atom stereocenters. The summed E-state index contributed by atoms with van der Waals surface area (Å²) in [5, 5.41) is 10.4. The minimum Gasteiger partial charge on any atom is -0.506 e. The first-order valence-electron chi connectivity index (χ1n) is 3.93. The summed E-state index contributed by atoms with van der Waals surface area (Å²) in [7, 11) is 1.93. The topological polar surface area (TPSA) is 25.2 Å². The molecule has 1 N–H and O–H groups in total. The number of benzene rings is 1. The van der Waals surface area contributed by atoms with Gasteiger partial charge >= 0.3 is 0 Å². The molecule has 0 saturated heterocycles. The highest BCUT2D eigenvalue weighted by Gasteiger charge is 2.03. The monoisotopic (exact) mass is 161 g/mol. The molecule has 0 spiro atoms. The van der Waals surface area contributed by atoms with Crippen LogP contribution in [0.15, 0.2) is 24.4 Å². The second kappa shape index (κ2) is 2.27. The predicted octanol–water partition coefficient (Wildman–Crippen LogP) is 2.19. The van der Waals surface area contributed by atoms with E-state index >= 15 is 0 Å². The quantitative estimate of drug-likeness (QED) is 0.629. The van der Waals surface area contributed by atoms with Gasteiger partial charge in [0.15, 0.2) is 0 Å². The number of hydrogen-bond donors (Lipinski definition) is 1. The normalized spacial score (nSPS) is 10.8. The van der Waals surface area contributed by atoms with E-state index in [1.165, 1.54) is 5.56 Å². The zero-order chi connectivity index (χ0) is 8.72. The van der Waals surface area contributed by atoms with Crippen molar-refractivity contribution in [3.63, 3.8) is 0 Å². The van der Waals surface area contributed by atoms with Crippen LogP contribution < -0.4 is 0 Å². The van der Waals surface area contributed by atoms with E-state index in [9.17, 15) is 5.11 Å². The summed E-state index contributed by atoms with van der Waals surface area (Å²) in [6, 6.07) is 6.05. The minimum absolute atomic E-state index is 0.358. The summed E-state index contributed by atoms with van der Waals surface area (Å²) in [6.07, 6.45) is 1.73. The molecule has 0 amide bonds. The predicted molar refractivity (Wildman–Crippen MR) is 49.3 cm³/mol. The van der Waals surface area contributed by atoms with Crippen molar-refractivity contribution in [3.8, 4) is 5.75 Å². The van der Waals surface area contributed by atoms with Crippen LogP contribution in [0.4, 0.5) is 0 Å². The molecule has 0 bridgehead atoms.